The molecule has 0 saturated carbocycles. The Bertz CT molecular complexity index is 438. The lowest BCUT2D eigenvalue weighted by Crippen LogP contribution is -2.04. The van der Waals surface area contributed by atoms with Crippen LogP contribution in [0.3, 0.4) is 0 Å². The first-order valence-electron chi connectivity index (χ1n) is 5.89. The van der Waals surface area contributed by atoms with E-state index in [2.05, 4.69) is 0 Å². The fourth-order valence-electron chi connectivity index (χ4n) is 2.06. The van der Waals surface area contributed by atoms with Gasteiger partial charge in [-0.2, -0.15) is 0 Å². The van der Waals surface area contributed by atoms with Gasteiger partial charge in [0.2, 0.25) is 5.52 Å². The summed E-state index contributed by atoms with van der Waals surface area (Å²) in [5.74, 6) is 0.286. The molecule has 1 rings (SSSR count). The Morgan fingerprint density at radius 3 is 2.06 bits per heavy atom. The van der Waals surface area contributed by atoms with Crippen LogP contribution in [0.25, 0.3) is 0 Å². The Kier molecular flexibility index (Phi) is 4.59. The number of carbonyl (C=O) groups is 1. The second-order valence-corrected chi connectivity index (χ2v) is 6.56. The second-order valence-electron chi connectivity index (χ2n) is 5.03. The van der Waals surface area contributed by atoms with Crippen LogP contribution in [0, 0.1) is 26.7 Å². The van der Waals surface area contributed by atoms with E-state index in [1.165, 1.54) is 0 Å². The molecule has 0 aliphatic rings. The molecule has 1 atom stereocenters. The van der Waals surface area contributed by atoms with Gasteiger partial charge in [-0.1, -0.05) is 31.5 Å². The number of aryl methyl sites for hydroxylation is 3. The van der Waals surface area contributed by atoms with E-state index in [9.17, 15) is 9.36 Å². The molecular formula is C14H20O2P. The van der Waals surface area contributed by atoms with Gasteiger partial charge < -0.3 is 0 Å². The van der Waals surface area contributed by atoms with Crippen molar-refractivity contribution in [2.75, 3.05) is 6.16 Å². The van der Waals surface area contributed by atoms with Crippen LogP contribution in [0.4, 0.5) is 0 Å². The fourth-order valence-corrected chi connectivity index (χ4v) is 3.49. The molecule has 17 heavy (non-hydrogen) atoms. The van der Waals surface area contributed by atoms with Gasteiger partial charge in [-0.05, 0) is 37.8 Å². The molecule has 0 aromatic heterocycles. The van der Waals surface area contributed by atoms with Gasteiger partial charge in [0, 0.05) is 11.7 Å². The first kappa shape index (κ1) is 14.1. The van der Waals surface area contributed by atoms with Crippen molar-refractivity contribution in [1.82, 2.24) is 0 Å². The Morgan fingerprint density at radius 2 is 1.65 bits per heavy atom. The summed E-state index contributed by atoms with van der Waals surface area (Å²) in [4.78, 5) is 12.1. The van der Waals surface area contributed by atoms with Crippen LogP contribution in [0.2, 0.25) is 0 Å². The van der Waals surface area contributed by atoms with Crippen LogP contribution in [0.1, 0.15) is 40.9 Å². The van der Waals surface area contributed by atoms with Crippen molar-refractivity contribution in [2.45, 2.75) is 34.6 Å². The van der Waals surface area contributed by atoms with Crippen LogP contribution in [0.5, 0.6) is 0 Å². The Hall–Kier alpha value is -1.01. The van der Waals surface area contributed by atoms with E-state index >= 15 is 0 Å². The molecule has 0 aliphatic carbocycles. The zero-order chi connectivity index (χ0) is 13.2. The van der Waals surface area contributed by atoms with E-state index < -0.39 is 7.80 Å². The van der Waals surface area contributed by atoms with Crippen molar-refractivity contribution in [3.8, 4) is 0 Å². The predicted molar refractivity (Wildman–Crippen MR) is 72.3 cm³/mol. The Morgan fingerprint density at radius 1 is 1.18 bits per heavy atom. The van der Waals surface area contributed by atoms with Crippen LogP contribution in [-0.4, -0.2) is 11.7 Å². The molecule has 2 nitrogen and oxygen atoms in total. The molecule has 0 aliphatic heterocycles. The third kappa shape index (κ3) is 3.47. The molecule has 1 unspecified atom stereocenters. The maximum atomic E-state index is 12.1. The molecule has 0 fully saturated rings. The van der Waals surface area contributed by atoms with Crippen molar-refractivity contribution in [3.05, 3.63) is 34.4 Å². The summed E-state index contributed by atoms with van der Waals surface area (Å²) >= 11 is 0. The molecule has 0 spiro atoms. The zero-order valence-corrected chi connectivity index (χ0v) is 12.1. The third-order valence-electron chi connectivity index (χ3n) is 2.65. The van der Waals surface area contributed by atoms with Gasteiger partial charge in [0.05, 0.1) is 0 Å². The molecule has 0 saturated heterocycles. The Balaban J connectivity index is 3.09. The molecule has 0 heterocycles. The molecule has 1 aromatic carbocycles. The van der Waals surface area contributed by atoms with Crippen LogP contribution < -0.4 is 0 Å². The average molecular weight is 251 g/mol. The topological polar surface area (TPSA) is 34.1 Å². The van der Waals surface area contributed by atoms with E-state index in [0.29, 0.717) is 11.7 Å². The highest BCUT2D eigenvalue weighted by atomic mass is 31.1. The molecule has 0 bridgehead atoms. The smallest absolute Gasteiger partial charge is 0.242 e. The van der Waals surface area contributed by atoms with Crippen molar-refractivity contribution >= 4 is 13.3 Å². The molecular weight excluding hydrogens is 231 g/mol. The standard InChI is InChI=1S/C14H20O2P/c1-9(2)8-17(16)14(15)13-11(4)6-10(3)7-12(13)5/h6-7,9H,8H2,1-5H3. The minimum atomic E-state index is -1.79. The molecule has 0 amide bonds. The third-order valence-corrected chi connectivity index (χ3v) is 4.39. The summed E-state index contributed by atoms with van der Waals surface area (Å²) < 4.78 is 11.9. The quantitative estimate of drug-likeness (QED) is 0.750. The largest absolute Gasteiger partial charge is 0.281 e. The van der Waals surface area contributed by atoms with Crippen molar-refractivity contribution < 1.29 is 9.36 Å². The summed E-state index contributed by atoms with van der Waals surface area (Å²) in [7, 11) is -1.79. The number of hydrogen-bond acceptors (Lipinski definition) is 2. The summed E-state index contributed by atoms with van der Waals surface area (Å²) in [6.45, 7) is 9.78. The number of carbonyl (C=O) groups excluding carboxylic acids is 1. The summed E-state index contributed by atoms with van der Waals surface area (Å²) in [6, 6.07) is 3.94. The van der Waals surface area contributed by atoms with E-state index in [-0.39, 0.29) is 11.4 Å². The minimum absolute atomic E-state index is 0.191. The van der Waals surface area contributed by atoms with Gasteiger partial charge in [0.1, 0.15) is 7.80 Å². The van der Waals surface area contributed by atoms with Crippen molar-refractivity contribution in [1.29, 1.82) is 0 Å². The lowest BCUT2D eigenvalue weighted by molar-refractivity contribution is 0.107. The maximum Gasteiger partial charge on any atom is 0.242 e. The van der Waals surface area contributed by atoms with E-state index in [1.807, 2.05) is 46.8 Å². The van der Waals surface area contributed by atoms with Crippen LogP contribution in [-0.2, 0) is 4.57 Å². The molecule has 3 heteroatoms. The first-order valence-corrected chi connectivity index (χ1v) is 7.34. The second kappa shape index (κ2) is 5.55. The van der Waals surface area contributed by atoms with E-state index in [0.717, 1.165) is 16.7 Å². The fraction of sp³-hybridized carbons (Fsp3) is 0.500. The summed E-state index contributed by atoms with van der Waals surface area (Å²) in [6.07, 6.45) is 0.473. The van der Waals surface area contributed by atoms with Crippen LogP contribution >= 0.6 is 7.80 Å². The van der Waals surface area contributed by atoms with Crippen molar-refractivity contribution in [3.63, 3.8) is 0 Å². The SMILES string of the molecule is Cc1cc(C)c(C(=O)[P](=O)CC(C)C)c(C)c1. The lowest BCUT2D eigenvalue weighted by Gasteiger charge is -2.10. The van der Waals surface area contributed by atoms with Gasteiger partial charge in [0.25, 0.3) is 0 Å². The molecule has 93 valence electrons. The predicted octanol–water partition coefficient (Wildman–Crippen LogP) is 4.24. The number of rotatable bonds is 4. The zero-order valence-electron chi connectivity index (χ0n) is 11.2. The summed E-state index contributed by atoms with van der Waals surface area (Å²) in [5.41, 5.74) is 3.45. The number of benzene rings is 1. The molecule has 0 N–H and O–H groups in total. The molecule has 1 radical (unpaired) electrons. The molecule has 1 aromatic rings. The minimum Gasteiger partial charge on any atom is -0.281 e. The highest BCUT2D eigenvalue weighted by Crippen LogP contribution is 2.32. The highest BCUT2D eigenvalue weighted by molar-refractivity contribution is 7.64. The van der Waals surface area contributed by atoms with Gasteiger partial charge in [-0.25, -0.2) is 0 Å². The summed E-state index contributed by atoms with van der Waals surface area (Å²) in [5, 5.41) is 0. The van der Waals surface area contributed by atoms with Crippen LogP contribution in [0.15, 0.2) is 12.1 Å². The number of hydrogen-bond donors (Lipinski definition) is 0. The lowest BCUT2D eigenvalue weighted by atomic mass is 10.0. The van der Waals surface area contributed by atoms with E-state index in [1.54, 1.807) is 0 Å². The van der Waals surface area contributed by atoms with Gasteiger partial charge >= 0.3 is 0 Å². The van der Waals surface area contributed by atoms with Gasteiger partial charge in [-0.3, -0.25) is 9.36 Å². The monoisotopic (exact) mass is 251 g/mol. The first-order chi connectivity index (χ1) is 7.82. The average Bonchev–Trinajstić information content (AvgIpc) is 2.14. The van der Waals surface area contributed by atoms with Crippen molar-refractivity contribution in [2.24, 2.45) is 5.92 Å². The highest BCUT2D eigenvalue weighted by Gasteiger charge is 2.20. The Labute approximate surface area is 104 Å². The maximum absolute atomic E-state index is 12.1. The van der Waals surface area contributed by atoms with Gasteiger partial charge in [0.15, 0.2) is 0 Å². The van der Waals surface area contributed by atoms with Gasteiger partial charge in [-0.15, -0.1) is 0 Å². The normalized spacial score (nSPS) is 11.8. The van der Waals surface area contributed by atoms with E-state index in [4.69, 9.17) is 0 Å².